The molecule has 1 aliphatic heterocycles. The average molecular weight is 313 g/mol. The minimum atomic E-state index is -0.912. The minimum absolute atomic E-state index is 0.0638. The van der Waals surface area contributed by atoms with Gasteiger partial charge in [0, 0.05) is 11.0 Å². The highest BCUT2D eigenvalue weighted by atomic mass is 79.9. The zero-order chi connectivity index (χ0) is 13.3. The second kappa shape index (κ2) is 4.97. The van der Waals surface area contributed by atoms with E-state index in [1.807, 2.05) is 25.1 Å². The van der Waals surface area contributed by atoms with E-state index in [1.54, 1.807) is 4.90 Å². The van der Waals surface area contributed by atoms with Gasteiger partial charge < -0.3 is 10.4 Å². The van der Waals surface area contributed by atoms with E-state index in [9.17, 15) is 9.59 Å². The fourth-order valence-electron chi connectivity index (χ4n) is 1.97. The largest absolute Gasteiger partial charge is 0.481 e. The van der Waals surface area contributed by atoms with Crippen LogP contribution in [0.5, 0.6) is 0 Å². The van der Waals surface area contributed by atoms with Crippen molar-refractivity contribution in [2.45, 2.75) is 19.4 Å². The summed E-state index contributed by atoms with van der Waals surface area (Å²) in [4.78, 5) is 24.0. The molecule has 5 nitrogen and oxygen atoms in total. The lowest BCUT2D eigenvalue weighted by Crippen LogP contribution is -2.29. The van der Waals surface area contributed by atoms with Gasteiger partial charge in [0.2, 0.25) is 0 Å². The van der Waals surface area contributed by atoms with E-state index in [4.69, 9.17) is 5.11 Å². The molecule has 1 unspecified atom stereocenters. The molecule has 1 aromatic rings. The summed E-state index contributed by atoms with van der Waals surface area (Å²) in [6.45, 7) is 2.33. The van der Waals surface area contributed by atoms with E-state index in [0.717, 1.165) is 15.7 Å². The van der Waals surface area contributed by atoms with E-state index in [2.05, 4.69) is 21.2 Å². The van der Waals surface area contributed by atoms with Gasteiger partial charge in [0.25, 0.3) is 0 Å². The molecule has 2 N–H and O–H groups in total. The standard InChI is InChI=1S/C12H13BrN2O3/c1-7-2-3-10(9(13)4-7)15-6-8(5-11(16)17)14-12(15)18/h2-4,8H,5-6H2,1H3,(H,14,18)(H,16,17). The van der Waals surface area contributed by atoms with Crippen molar-refractivity contribution in [1.82, 2.24) is 5.32 Å². The number of carbonyl (C=O) groups is 2. The quantitative estimate of drug-likeness (QED) is 0.898. The summed E-state index contributed by atoms with van der Waals surface area (Å²) < 4.78 is 0.827. The van der Waals surface area contributed by atoms with Crippen LogP contribution >= 0.6 is 15.9 Å². The van der Waals surface area contributed by atoms with Gasteiger partial charge in [-0.2, -0.15) is 0 Å². The molecule has 1 fully saturated rings. The molecule has 0 aliphatic carbocycles. The highest BCUT2D eigenvalue weighted by Gasteiger charge is 2.31. The number of carboxylic acids is 1. The van der Waals surface area contributed by atoms with Crippen LogP contribution < -0.4 is 10.2 Å². The number of urea groups is 1. The molecular weight excluding hydrogens is 300 g/mol. The number of hydrogen-bond acceptors (Lipinski definition) is 2. The maximum Gasteiger partial charge on any atom is 0.322 e. The predicted octanol–water partition coefficient (Wildman–Crippen LogP) is 2.13. The lowest BCUT2D eigenvalue weighted by molar-refractivity contribution is -0.137. The smallest absolute Gasteiger partial charge is 0.322 e. The van der Waals surface area contributed by atoms with Crippen LogP contribution in [-0.4, -0.2) is 29.7 Å². The molecular formula is C12H13BrN2O3. The maximum absolute atomic E-state index is 11.8. The van der Waals surface area contributed by atoms with E-state index in [-0.39, 0.29) is 18.5 Å². The van der Waals surface area contributed by atoms with Gasteiger partial charge in [-0.15, -0.1) is 0 Å². The summed E-state index contributed by atoms with van der Waals surface area (Å²) in [5.74, 6) is -0.912. The second-order valence-corrected chi connectivity index (χ2v) is 5.16. The molecule has 2 amide bonds. The number of amides is 2. The Kier molecular flexibility index (Phi) is 3.56. The normalized spacial score (nSPS) is 18.9. The highest BCUT2D eigenvalue weighted by molar-refractivity contribution is 9.10. The molecule has 0 aromatic heterocycles. The van der Waals surface area contributed by atoms with Crippen molar-refractivity contribution >= 4 is 33.6 Å². The first-order valence-corrected chi connectivity index (χ1v) is 6.32. The number of nitrogens with zero attached hydrogens (tertiary/aromatic N) is 1. The van der Waals surface area contributed by atoms with Crippen LogP contribution in [0.25, 0.3) is 0 Å². The van der Waals surface area contributed by atoms with Gasteiger partial charge in [0.05, 0.1) is 18.2 Å². The third kappa shape index (κ3) is 2.64. The van der Waals surface area contributed by atoms with Crippen LogP contribution in [0.1, 0.15) is 12.0 Å². The first-order chi connectivity index (χ1) is 8.47. The van der Waals surface area contributed by atoms with Crippen molar-refractivity contribution in [3.05, 3.63) is 28.2 Å². The molecule has 96 valence electrons. The fourth-order valence-corrected chi connectivity index (χ4v) is 2.67. The zero-order valence-corrected chi connectivity index (χ0v) is 11.4. The first-order valence-electron chi connectivity index (χ1n) is 5.53. The van der Waals surface area contributed by atoms with Crippen molar-refractivity contribution in [2.75, 3.05) is 11.4 Å². The van der Waals surface area contributed by atoms with Crippen molar-refractivity contribution in [2.24, 2.45) is 0 Å². The Balaban J connectivity index is 2.19. The topological polar surface area (TPSA) is 69.6 Å². The Morgan fingerprint density at radius 2 is 2.33 bits per heavy atom. The number of aliphatic carboxylic acids is 1. The molecule has 0 spiro atoms. The number of hydrogen-bond donors (Lipinski definition) is 2. The van der Waals surface area contributed by atoms with Crippen LogP contribution in [-0.2, 0) is 4.79 Å². The Morgan fingerprint density at radius 3 is 2.94 bits per heavy atom. The summed E-state index contributed by atoms with van der Waals surface area (Å²) >= 11 is 3.42. The fraction of sp³-hybridized carbons (Fsp3) is 0.333. The molecule has 0 bridgehead atoms. The highest BCUT2D eigenvalue weighted by Crippen LogP contribution is 2.29. The van der Waals surface area contributed by atoms with Gasteiger partial charge in [-0.05, 0) is 40.5 Å². The summed E-state index contributed by atoms with van der Waals surface area (Å²) in [6, 6.07) is 5.08. The molecule has 1 atom stereocenters. The first kappa shape index (κ1) is 12.9. The summed E-state index contributed by atoms with van der Waals surface area (Å²) in [6.07, 6.45) is -0.0638. The number of carbonyl (C=O) groups excluding carboxylic acids is 1. The molecule has 1 aromatic carbocycles. The molecule has 0 radical (unpaired) electrons. The van der Waals surface area contributed by atoms with Gasteiger partial charge in [0.15, 0.2) is 0 Å². The predicted molar refractivity (Wildman–Crippen MR) is 70.8 cm³/mol. The van der Waals surface area contributed by atoms with E-state index >= 15 is 0 Å². The number of carboxylic acid groups (broad SMARTS) is 1. The van der Waals surface area contributed by atoms with Gasteiger partial charge in [-0.1, -0.05) is 6.07 Å². The van der Waals surface area contributed by atoms with Gasteiger partial charge in [-0.3, -0.25) is 9.69 Å². The van der Waals surface area contributed by atoms with Crippen molar-refractivity contribution < 1.29 is 14.7 Å². The monoisotopic (exact) mass is 312 g/mol. The molecule has 1 saturated heterocycles. The SMILES string of the molecule is Cc1ccc(N2CC(CC(=O)O)NC2=O)c(Br)c1. The van der Waals surface area contributed by atoms with Crippen molar-refractivity contribution in [3.63, 3.8) is 0 Å². The van der Waals surface area contributed by atoms with Crippen molar-refractivity contribution in [3.8, 4) is 0 Å². The molecule has 6 heteroatoms. The van der Waals surface area contributed by atoms with Crippen LogP contribution in [0, 0.1) is 6.92 Å². The molecule has 1 aliphatic rings. The number of nitrogens with one attached hydrogen (secondary N) is 1. The maximum atomic E-state index is 11.8. The average Bonchev–Trinajstić information content (AvgIpc) is 2.58. The lowest BCUT2D eigenvalue weighted by atomic mass is 10.2. The van der Waals surface area contributed by atoms with Crippen LogP contribution in [0.15, 0.2) is 22.7 Å². The molecule has 0 saturated carbocycles. The van der Waals surface area contributed by atoms with Crippen LogP contribution in [0.4, 0.5) is 10.5 Å². The number of halogens is 1. The summed E-state index contributed by atoms with van der Waals surface area (Å²) in [7, 11) is 0. The Bertz CT molecular complexity index is 504. The van der Waals surface area contributed by atoms with Crippen LogP contribution in [0.3, 0.4) is 0 Å². The molecule has 2 rings (SSSR count). The number of rotatable bonds is 3. The number of anilines is 1. The zero-order valence-electron chi connectivity index (χ0n) is 9.81. The van der Waals surface area contributed by atoms with E-state index in [1.165, 1.54) is 0 Å². The summed E-state index contributed by atoms with van der Waals surface area (Å²) in [5.41, 5.74) is 1.85. The Morgan fingerprint density at radius 1 is 1.61 bits per heavy atom. The van der Waals surface area contributed by atoms with Gasteiger partial charge in [-0.25, -0.2) is 4.79 Å². The molecule has 1 heterocycles. The van der Waals surface area contributed by atoms with Gasteiger partial charge >= 0.3 is 12.0 Å². The lowest BCUT2D eigenvalue weighted by Gasteiger charge is -2.16. The minimum Gasteiger partial charge on any atom is -0.481 e. The summed E-state index contributed by atoms with van der Waals surface area (Å²) in [5, 5.41) is 11.4. The van der Waals surface area contributed by atoms with Crippen LogP contribution in [0.2, 0.25) is 0 Å². The molecule has 18 heavy (non-hydrogen) atoms. The third-order valence-electron chi connectivity index (χ3n) is 2.79. The Hall–Kier alpha value is -1.56. The van der Waals surface area contributed by atoms with E-state index < -0.39 is 5.97 Å². The number of benzene rings is 1. The third-order valence-corrected chi connectivity index (χ3v) is 3.43. The number of aryl methyl sites for hydroxylation is 1. The van der Waals surface area contributed by atoms with Gasteiger partial charge in [0.1, 0.15) is 0 Å². The second-order valence-electron chi connectivity index (χ2n) is 4.31. The Labute approximate surface area is 113 Å². The van der Waals surface area contributed by atoms with E-state index in [0.29, 0.717) is 6.54 Å². The van der Waals surface area contributed by atoms with Crippen molar-refractivity contribution in [1.29, 1.82) is 0 Å².